The summed E-state index contributed by atoms with van der Waals surface area (Å²) in [5.41, 5.74) is 3.90. The molecule has 7 nitrogen and oxygen atoms in total. The summed E-state index contributed by atoms with van der Waals surface area (Å²) in [4.78, 5) is 20.1. The first-order valence-electron chi connectivity index (χ1n) is 14.8. The van der Waals surface area contributed by atoms with E-state index >= 15 is 0 Å². The number of carbonyl (C=O) groups excluding carboxylic acids is 1. The van der Waals surface area contributed by atoms with Crippen molar-refractivity contribution in [1.29, 1.82) is 0 Å². The van der Waals surface area contributed by atoms with Crippen molar-refractivity contribution in [2.45, 2.75) is 77.7 Å². The summed E-state index contributed by atoms with van der Waals surface area (Å²) < 4.78 is 25.9. The van der Waals surface area contributed by atoms with Crippen molar-refractivity contribution in [2.75, 3.05) is 13.2 Å². The number of ether oxygens (including phenoxy) is 2. The van der Waals surface area contributed by atoms with Crippen molar-refractivity contribution >= 4 is 41.1 Å². The molecular formula is C32H41BrN4O3Si. The first kappa shape index (κ1) is 28.2. The minimum atomic E-state index is -1.24. The van der Waals surface area contributed by atoms with Gasteiger partial charge in [0.2, 0.25) is 0 Å². The molecule has 2 aromatic carbocycles. The number of nitrogens with zero attached hydrogens (tertiary/aromatic N) is 4. The molecule has 41 heavy (non-hydrogen) atoms. The molecule has 4 aromatic rings. The summed E-state index contributed by atoms with van der Waals surface area (Å²) in [6.45, 7) is 14.4. The Bertz CT molecular complexity index is 1570. The Morgan fingerprint density at radius 2 is 1.88 bits per heavy atom. The number of rotatable bonds is 8. The number of carbonyl (C=O) groups is 1. The number of benzene rings is 2. The Morgan fingerprint density at radius 3 is 2.59 bits per heavy atom. The van der Waals surface area contributed by atoms with Crippen LogP contribution in [0.3, 0.4) is 0 Å². The Hall–Kier alpha value is -2.88. The van der Waals surface area contributed by atoms with Crippen LogP contribution in [0.2, 0.25) is 25.7 Å². The summed E-state index contributed by atoms with van der Waals surface area (Å²) in [5, 5.41) is 0. The van der Waals surface area contributed by atoms with Gasteiger partial charge in [-0.05, 0) is 93.2 Å². The highest BCUT2D eigenvalue weighted by molar-refractivity contribution is 9.10. The molecule has 0 bridgehead atoms. The van der Waals surface area contributed by atoms with E-state index in [4.69, 9.17) is 15.8 Å². The van der Waals surface area contributed by atoms with E-state index in [1.165, 1.54) is 0 Å². The van der Waals surface area contributed by atoms with E-state index in [1.807, 2.05) is 78.9 Å². The maximum atomic E-state index is 13.2. The SMILES string of the molecule is [2H]c1c(-c2ccc3c(c2)nc(C2CCCN2C(=O)OC(C)(C)C)n3COCC[Si](C)(C)C)ccn1-c1ccc(Br)cc1. The Morgan fingerprint density at radius 1 is 1.12 bits per heavy atom. The minimum absolute atomic E-state index is 0.193. The molecule has 0 spiro atoms. The van der Waals surface area contributed by atoms with Crippen molar-refractivity contribution in [3.63, 3.8) is 0 Å². The summed E-state index contributed by atoms with van der Waals surface area (Å²) in [6.07, 6.45) is 3.74. The number of hydrogen-bond donors (Lipinski definition) is 0. The van der Waals surface area contributed by atoms with Crippen LogP contribution in [0, 0.1) is 0 Å². The normalized spacial score (nSPS) is 16.4. The van der Waals surface area contributed by atoms with Crippen LogP contribution in [-0.2, 0) is 16.2 Å². The lowest BCUT2D eigenvalue weighted by Crippen LogP contribution is -2.37. The maximum Gasteiger partial charge on any atom is 0.410 e. The molecule has 0 saturated carbocycles. The van der Waals surface area contributed by atoms with Crippen molar-refractivity contribution in [3.8, 4) is 16.8 Å². The molecule has 2 aromatic heterocycles. The minimum Gasteiger partial charge on any atom is -0.444 e. The van der Waals surface area contributed by atoms with E-state index in [2.05, 4.69) is 46.2 Å². The van der Waals surface area contributed by atoms with Gasteiger partial charge in [0, 0.05) is 43.8 Å². The van der Waals surface area contributed by atoms with Crippen LogP contribution >= 0.6 is 15.9 Å². The zero-order valence-corrected chi connectivity index (χ0v) is 27.5. The van der Waals surface area contributed by atoms with Crippen molar-refractivity contribution in [1.82, 2.24) is 19.0 Å². The van der Waals surface area contributed by atoms with Gasteiger partial charge in [0.05, 0.1) is 18.4 Å². The van der Waals surface area contributed by atoms with E-state index in [0.29, 0.717) is 26.1 Å². The van der Waals surface area contributed by atoms with Crippen LogP contribution in [-0.4, -0.2) is 51.9 Å². The lowest BCUT2D eigenvalue weighted by molar-refractivity contribution is 0.0205. The predicted molar refractivity (Wildman–Crippen MR) is 171 cm³/mol. The second kappa shape index (κ2) is 11.8. The van der Waals surface area contributed by atoms with Gasteiger partial charge >= 0.3 is 6.09 Å². The lowest BCUT2D eigenvalue weighted by Gasteiger charge is -2.28. The molecule has 0 radical (unpaired) electrons. The quantitative estimate of drug-likeness (QED) is 0.143. The van der Waals surface area contributed by atoms with Gasteiger partial charge < -0.3 is 18.6 Å². The molecule has 1 atom stereocenters. The van der Waals surface area contributed by atoms with Crippen LogP contribution in [0.4, 0.5) is 4.79 Å². The molecule has 5 rings (SSSR count). The third-order valence-corrected chi connectivity index (χ3v) is 9.45. The molecular weight excluding hydrogens is 596 g/mol. The standard InChI is InChI=1S/C32H41BrN4O3Si/c1-32(2,3)40-31(38)36-16-7-8-29(36)30-34-27-20-23(9-14-28(27)37(30)22-39-18-19-41(4,5)6)24-15-17-35(21-24)26-12-10-25(33)11-13-26/h9-15,17,20-21,29H,7-8,16,18-19,22H2,1-6H3/i21D. The summed E-state index contributed by atoms with van der Waals surface area (Å²) in [5.74, 6) is 0.817. The molecule has 9 heteroatoms. The van der Waals surface area contributed by atoms with E-state index < -0.39 is 13.7 Å². The van der Waals surface area contributed by atoms with E-state index in [9.17, 15) is 4.79 Å². The molecule has 1 aliphatic rings. The van der Waals surface area contributed by atoms with Gasteiger partial charge in [-0.2, -0.15) is 0 Å². The van der Waals surface area contributed by atoms with Gasteiger partial charge in [0.25, 0.3) is 0 Å². The fourth-order valence-corrected chi connectivity index (χ4v) is 6.10. The fraction of sp³-hybridized carbons (Fsp3) is 0.438. The van der Waals surface area contributed by atoms with Crippen molar-refractivity contribution in [3.05, 3.63) is 71.2 Å². The Labute approximate surface area is 254 Å². The first-order chi connectivity index (χ1) is 19.8. The lowest BCUT2D eigenvalue weighted by atomic mass is 10.1. The van der Waals surface area contributed by atoms with Gasteiger partial charge in [-0.3, -0.25) is 4.90 Å². The molecule has 3 heterocycles. The number of imidazole rings is 1. The van der Waals surface area contributed by atoms with E-state index in [1.54, 1.807) is 0 Å². The molecule has 0 N–H and O–H groups in total. The summed E-state index contributed by atoms with van der Waals surface area (Å²) >= 11 is 3.48. The van der Waals surface area contributed by atoms with Crippen LogP contribution < -0.4 is 0 Å². The Kier molecular flexibility index (Phi) is 8.11. The van der Waals surface area contributed by atoms with E-state index in [0.717, 1.165) is 57.0 Å². The highest BCUT2D eigenvalue weighted by Gasteiger charge is 2.36. The van der Waals surface area contributed by atoms with Gasteiger partial charge in [0.15, 0.2) is 0 Å². The third-order valence-electron chi connectivity index (χ3n) is 7.22. The maximum absolute atomic E-state index is 13.2. The van der Waals surface area contributed by atoms with Gasteiger partial charge in [0.1, 0.15) is 18.2 Å². The van der Waals surface area contributed by atoms with Gasteiger partial charge in [-0.25, -0.2) is 9.78 Å². The topological polar surface area (TPSA) is 61.5 Å². The van der Waals surface area contributed by atoms with Crippen molar-refractivity contribution in [2.24, 2.45) is 0 Å². The summed E-state index contributed by atoms with van der Waals surface area (Å²) in [6, 6.07) is 16.9. The molecule has 1 fully saturated rings. The highest BCUT2D eigenvalue weighted by Crippen LogP contribution is 2.36. The third kappa shape index (κ3) is 7.13. The van der Waals surface area contributed by atoms with Gasteiger partial charge in [-0.15, -0.1) is 0 Å². The largest absolute Gasteiger partial charge is 0.444 e. The average Bonchev–Trinajstić information content (AvgIpc) is 3.62. The van der Waals surface area contributed by atoms with Crippen molar-refractivity contribution < 1.29 is 15.6 Å². The highest BCUT2D eigenvalue weighted by atomic mass is 79.9. The number of aromatic nitrogens is 3. The number of amides is 1. The monoisotopic (exact) mass is 637 g/mol. The molecule has 1 unspecified atom stereocenters. The average molecular weight is 639 g/mol. The molecule has 0 aliphatic carbocycles. The molecule has 1 amide bonds. The number of likely N-dealkylation sites (tertiary alicyclic amines) is 1. The van der Waals surface area contributed by atoms with Crippen LogP contribution in [0.5, 0.6) is 0 Å². The molecule has 1 saturated heterocycles. The first-order valence-corrected chi connectivity index (χ1v) is 18.8. The summed E-state index contributed by atoms with van der Waals surface area (Å²) in [7, 11) is -1.24. The van der Waals surface area contributed by atoms with Gasteiger partial charge in [-0.1, -0.05) is 41.6 Å². The van der Waals surface area contributed by atoms with Crippen LogP contribution in [0.1, 0.15) is 46.8 Å². The Balaban J connectivity index is 1.50. The van der Waals surface area contributed by atoms with Crippen LogP contribution in [0.25, 0.3) is 27.8 Å². The number of halogens is 1. The molecule has 1 aliphatic heterocycles. The fourth-order valence-electron chi connectivity index (χ4n) is 5.08. The predicted octanol–water partition coefficient (Wildman–Crippen LogP) is 8.64. The number of hydrogen-bond acceptors (Lipinski definition) is 4. The van der Waals surface area contributed by atoms with E-state index in [-0.39, 0.29) is 12.1 Å². The second-order valence-electron chi connectivity index (χ2n) is 13.0. The second-order valence-corrected chi connectivity index (χ2v) is 19.5. The zero-order valence-electron chi connectivity index (χ0n) is 25.9. The smallest absolute Gasteiger partial charge is 0.410 e. The molecule has 218 valence electrons. The van der Waals surface area contributed by atoms with Crippen LogP contribution in [0.15, 0.2) is 65.4 Å². The number of fused-ring (bicyclic) bond motifs is 1. The zero-order chi connectivity index (χ0) is 30.2.